The number of hydrogen-bond donors (Lipinski definition) is 3. The first-order valence-corrected chi connectivity index (χ1v) is 11.5. The quantitative estimate of drug-likeness (QED) is 0.334. The van der Waals surface area contributed by atoms with Gasteiger partial charge in [-0.05, 0) is 49.8 Å². The van der Waals surface area contributed by atoms with Crippen molar-refractivity contribution >= 4 is 40.1 Å². The predicted molar refractivity (Wildman–Crippen MR) is 133 cm³/mol. The Labute approximate surface area is 202 Å². The highest BCUT2D eigenvalue weighted by Crippen LogP contribution is 2.28. The van der Waals surface area contributed by atoms with Gasteiger partial charge in [0, 0.05) is 44.2 Å². The summed E-state index contributed by atoms with van der Waals surface area (Å²) in [5.41, 5.74) is 0.371. The fourth-order valence-electron chi connectivity index (χ4n) is 4.28. The SMILES string of the molecule is CN(C)c1nc(NC2CCC(CNC(=O)Nc3cc([N+](=O)[O-])ccc3F)CC2)nc2ccccc12. The summed E-state index contributed by atoms with van der Waals surface area (Å²) in [6, 6.07) is 10.6. The lowest BCUT2D eigenvalue weighted by Gasteiger charge is -2.29. The molecule has 1 aliphatic carbocycles. The number of non-ortho nitro benzene ring substituents is 1. The zero-order valence-electron chi connectivity index (χ0n) is 19.6. The summed E-state index contributed by atoms with van der Waals surface area (Å²) in [7, 11) is 3.92. The summed E-state index contributed by atoms with van der Waals surface area (Å²) in [6.45, 7) is 0.437. The number of benzene rings is 2. The molecule has 11 heteroatoms. The average molecular weight is 482 g/mol. The number of fused-ring (bicyclic) bond motifs is 1. The highest BCUT2D eigenvalue weighted by molar-refractivity contribution is 5.90. The first-order chi connectivity index (χ1) is 16.8. The highest BCUT2D eigenvalue weighted by Gasteiger charge is 2.23. The number of urea groups is 1. The van der Waals surface area contributed by atoms with Crippen LogP contribution in [0.25, 0.3) is 10.9 Å². The molecule has 0 bridgehead atoms. The second kappa shape index (κ2) is 10.5. The van der Waals surface area contributed by atoms with Crippen LogP contribution < -0.4 is 20.9 Å². The fraction of sp³-hybridized carbons (Fsp3) is 0.375. The maximum Gasteiger partial charge on any atom is 0.319 e. The van der Waals surface area contributed by atoms with Gasteiger partial charge in [0.2, 0.25) is 5.95 Å². The Morgan fingerprint density at radius 1 is 1.14 bits per heavy atom. The van der Waals surface area contributed by atoms with Crippen LogP contribution in [0, 0.1) is 21.8 Å². The van der Waals surface area contributed by atoms with Crippen LogP contribution in [0.2, 0.25) is 0 Å². The molecular weight excluding hydrogens is 453 g/mol. The minimum atomic E-state index is -0.731. The largest absolute Gasteiger partial charge is 0.362 e. The molecule has 4 rings (SSSR count). The zero-order valence-corrected chi connectivity index (χ0v) is 19.6. The van der Waals surface area contributed by atoms with Crippen molar-refractivity contribution in [1.29, 1.82) is 0 Å². The van der Waals surface area contributed by atoms with Gasteiger partial charge >= 0.3 is 6.03 Å². The van der Waals surface area contributed by atoms with Gasteiger partial charge in [-0.15, -0.1) is 0 Å². The first kappa shape index (κ1) is 24.1. The van der Waals surface area contributed by atoms with E-state index in [9.17, 15) is 19.3 Å². The van der Waals surface area contributed by atoms with Crippen molar-refractivity contribution < 1.29 is 14.1 Å². The van der Waals surface area contributed by atoms with Gasteiger partial charge in [-0.3, -0.25) is 10.1 Å². The number of nitrogens with zero attached hydrogens (tertiary/aromatic N) is 4. The van der Waals surface area contributed by atoms with E-state index in [1.165, 1.54) is 0 Å². The molecule has 3 N–H and O–H groups in total. The van der Waals surface area contributed by atoms with Crippen LogP contribution in [0.4, 0.5) is 32.3 Å². The molecule has 0 unspecified atom stereocenters. The number of hydrogen-bond acceptors (Lipinski definition) is 7. The molecule has 1 aromatic heterocycles. The Bertz CT molecular complexity index is 1230. The number of rotatable bonds is 7. The lowest BCUT2D eigenvalue weighted by atomic mass is 9.86. The summed E-state index contributed by atoms with van der Waals surface area (Å²) in [5.74, 6) is 1.02. The van der Waals surface area contributed by atoms with E-state index in [1.807, 2.05) is 43.3 Å². The molecule has 35 heavy (non-hydrogen) atoms. The smallest absolute Gasteiger partial charge is 0.319 e. The number of halogens is 1. The molecule has 1 fully saturated rings. The minimum absolute atomic E-state index is 0.225. The Morgan fingerprint density at radius 2 is 1.89 bits per heavy atom. The van der Waals surface area contributed by atoms with Gasteiger partial charge in [-0.2, -0.15) is 4.98 Å². The van der Waals surface area contributed by atoms with Crippen LogP contribution in [0.3, 0.4) is 0 Å². The molecule has 1 heterocycles. The normalized spacial score (nSPS) is 17.6. The Morgan fingerprint density at radius 3 is 2.60 bits per heavy atom. The first-order valence-electron chi connectivity index (χ1n) is 11.5. The van der Waals surface area contributed by atoms with E-state index < -0.39 is 16.8 Å². The van der Waals surface area contributed by atoms with E-state index in [2.05, 4.69) is 20.9 Å². The number of nitro groups is 1. The Hall–Kier alpha value is -4.02. The summed E-state index contributed by atoms with van der Waals surface area (Å²) < 4.78 is 13.9. The maximum atomic E-state index is 13.9. The van der Waals surface area contributed by atoms with Crippen LogP contribution in [0.5, 0.6) is 0 Å². The van der Waals surface area contributed by atoms with E-state index >= 15 is 0 Å². The lowest BCUT2D eigenvalue weighted by molar-refractivity contribution is -0.384. The Kier molecular flexibility index (Phi) is 7.23. The molecule has 0 spiro atoms. The van der Waals surface area contributed by atoms with E-state index in [0.29, 0.717) is 12.5 Å². The van der Waals surface area contributed by atoms with Crippen LogP contribution in [0.15, 0.2) is 42.5 Å². The third-order valence-electron chi connectivity index (χ3n) is 6.15. The summed E-state index contributed by atoms with van der Waals surface area (Å²) in [6.07, 6.45) is 3.61. The number of nitrogens with one attached hydrogen (secondary N) is 3. The van der Waals surface area contributed by atoms with Crippen molar-refractivity contribution in [3.05, 3.63) is 58.4 Å². The maximum absolute atomic E-state index is 13.9. The molecule has 0 aliphatic heterocycles. The number of amides is 2. The van der Waals surface area contributed by atoms with Gasteiger partial charge in [0.1, 0.15) is 11.6 Å². The standard InChI is InChI=1S/C24H28FN7O3/c1-31(2)22-18-5-3-4-6-20(18)28-23(30-22)27-16-9-7-15(8-10-16)14-26-24(33)29-21-13-17(32(34)35)11-12-19(21)25/h3-6,11-13,15-16H,7-10,14H2,1-2H3,(H2,26,29,33)(H,27,28,30). The van der Waals surface area contributed by atoms with Gasteiger partial charge in [0.05, 0.1) is 16.1 Å². The number of anilines is 3. The van der Waals surface area contributed by atoms with Crippen molar-refractivity contribution in [3.63, 3.8) is 0 Å². The van der Waals surface area contributed by atoms with E-state index in [1.54, 1.807) is 0 Å². The molecule has 0 atom stereocenters. The predicted octanol–water partition coefficient (Wildman–Crippen LogP) is 4.54. The second-order valence-electron chi connectivity index (χ2n) is 8.90. The third kappa shape index (κ3) is 5.92. The molecule has 184 valence electrons. The minimum Gasteiger partial charge on any atom is -0.362 e. The third-order valence-corrected chi connectivity index (χ3v) is 6.15. The molecule has 10 nitrogen and oxygen atoms in total. The van der Waals surface area contributed by atoms with Gasteiger partial charge < -0.3 is 20.9 Å². The number of nitro benzene ring substituents is 1. The van der Waals surface area contributed by atoms with Crippen molar-refractivity contribution in [1.82, 2.24) is 15.3 Å². The van der Waals surface area contributed by atoms with Gasteiger partial charge in [0.25, 0.3) is 5.69 Å². The highest BCUT2D eigenvalue weighted by atomic mass is 19.1. The lowest BCUT2D eigenvalue weighted by Crippen LogP contribution is -2.36. The molecule has 2 amide bonds. The van der Waals surface area contributed by atoms with Crippen LogP contribution in [0.1, 0.15) is 25.7 Å². The second-order valence-corrected chi connectivity index (χ2v) is 8.90. The molecule has 0 radical (unpaired) electrons. The van der Waals surface area contributed by atoms with E-state index in [-0.39, 0.29) is 23.3 Å². The van der Waals surface area contributed by atoms with Gasteiger partial charge in [0.15, 0.2) is 0 Å². The van der Waals surface area contributed by atoms with Crippen molar-refractivity contribution in [2.75, 3.05) is 36.2 Å². The molecule has 2 aromatic carbocycles. The number of carbonyl (C=O) groups is 1. The topological polar surface area (TPSA) is 125 Å². The monoisotopic (exact) mass is 481 g/mol. The summed E-state index contributed by atoms with van der Waals surface area (Å²) >= 11 is 0. The van der Waals surface area contributed by atoms with Crippen molar-refractivity contribution in [3.8, 4) is 0 Å². The van der Waals surface area contributed by atoms with Crippen LogP contribution >= 0.6 is 0 Å². The zero-order chi connectivity index (χ0) is 24.9. The van der Waals surface area contributed by atoms with Crippen molar-refractivity contribution in [2.24, 2.45) is 5.92 Å². The number of aromatic nitrogens is 2. The molecule has 3 aromatic rings. The molecular formula is C24H28FN7O3. The van der Waals surface area contributed by atoms with Gasteiger partial charge in [-0.25, -0.2) is 14.2 Å². The average Bonchev–Trinajstić information content (AvgIpc) is 2.84. The van der Waals surface area contributed by atoms with Gasteiger partial charge in [-0.1, -0.05) is 12.1 Å². The molecule has 1 saturated carbocycles. The van der Waals surface area contributed by atoms with Crippen LogP contribution in [-0.2, 0) is 0 Å². The van der Waals surface area contributed by atoms with Crippen molar-refractivity contribution in [2.45, 2.75) is 31.7 Å². The summed E-state index contributed by atoms with van der Waals surface area (Å²) in [4.78, 5) is 33.8. The van der Waals surface area contributed by atoms with E-state index in [0.717, 1.165) is 60.6 Å². The number of para-hydroxylation sites is 1. The number of carbonyl (C=O) groups excluding carboxylic acids is 1. The Balaban J connectivity index is 1.28. The summed E-state index contributed by atoms with van der Waals surface area (Å²) in [5, 5.41) is 20.4. The molecule has 0 saturated heterocycles. The van der Waals surface area contributed by atoms with E-state index in [4.69, 9.17) is 4.98 Å². The van der Waals surface area contributed by atoms with Crippen LogP contribution in [-0.4, -0.2) is 47.6 Å². The molecule has 1 aliphatic rings. The fourth-order valence-corrected chi connectivity index (χ4v) is 4.28.